The molecule has 0 aliphatic carbocycles. The van der Waals surface area contributed by atoms with Gasteiger partial charge in [-0.2, -0.15) is 0 Å². The third-order valence-corrected chi connectivity index (χ3v) is 5.81. The van der Waals surface area contributed by atoms with Gasteiger partial charge in [-0.15, -0.1) is 0 Å². The van der Waals surface area contributed by atoms with Crippen LogP contribution in [0.3, 0.4) is 0 Å². The van der Waals surface area contributed by atoms with Crippen LogP contribution in [-0.2, 0) is 16.4 Å². The molecule has 0 unspecified atom stereocenters. The molecule has 0 bridgehead atoms. The average molecular weight is 380 g/mol. The van der Waals surface area contributed by atoms with Gasteiger partial charge in [0.05, 0.1) is 17.2 Å². The molecule has 0 aliphatic rings. The lowest BCUT2D eigenvalue weighted by Crippen LogP contribution is -2.22. The summed E-state index contributed by atoms with van der Waals surface area (Å²) in [5.74, 6) is 0.273. The lowest BCUT2D eigenvalue weighted by molar-refractivity contribution is 0.597. The second-order valence-corrected chi connectivity index (χ2v) is 8.54. The number of hydrogen-bond donors (Lipinski definition) is 2. The first kappa shape index (κ1) is 19.3. The highest BCUT2D eigenvalue weighted by Crippen LogP contribution is 2.21. The van der Waals surface area contributed by atoms with E-state index in [2.05, 4.69) is 10.3 Å². The van der Waals surface area contributed by atoms with Crippen molar-refractivity contribution in [3.8, 4) is 0 Å². The fourth-order valence-electron chi connectivity index (χ4n) is 2.24. The molecule has 0 spiro atoms. The van der Waals surface area contributed by atoms with Gasteiger partial charge in [-0.05, 0) is 60.9 Å². The number of sulfone groups is 1. The molecule has 0 atom stereocenters. The van der Waals surface area contributed by atoms with Crippen molar-refractivity contribution >= 4 is 33.1 Å². The van der Waals surface area contributed by atoms with E-state index in [1.165, 1.54) is 11.6 Å². The van der Waals surface area contributed by atoms with Gasteiger partial charge in [-0.3, -0.25) is 0 Å². The van der Waals surface area contributed by atoms with Crippen LogP contribution in [0.2, 0.25) is 5.02 Å². The van der Waals surface area contributed by atoms with Crippen molar-refractivity contribution in [2.45, 2.75) is 32.2 Å². The minimum absolute atomic E-state index is 0.0204. The summed E-state index contributed by atoms with van der Waals surface area (Å²) in [7, 11) is -3.32. The van der Waals surface area contributed by atoms with E-state index in [1.54, 1.807) is 19.1 Å². The van der Waals surface area contributed by atoms with E-state index in [-0.39, 0.29) is 23.2 Å². The quantitative estimate of drug-likeness (QED) is 0.613. The van der Waals surface area contributed by atoms with Gasteiger partial charge in [0.15, 0.2) is 15.8 Å². The second-order valence-electron chi connectivity index (χ2n) is 5.82. The summed E-state index contributed by atoms with van der Waals surface area (Å²) >= 11 is 6.03. The predicted molar refractivity (Wildman–Crippen MR) is 104 cm³/mol. The van der Waals surface area contributed by atoms with E-state index in [9.17, 15) is 8.42 Å². The van der Waals surface area contributed by atoms with Crippen LogP contribution in [0.1, 0.15) is 23.6 Å². The summed E-state index contributed by atoms with van der Waals surface area (Å²) < 4.78 is 24.0. The number of nitrogens with one attached hydrogen (secondary N) is 1. The average Bonchev–Trinajstić information content (AvgIpc) is 2.56. The molecule has 5 nitrogen and oxygen atoms in total. The Kier molecular flexibility index (Phi) is 6.08. The molecule has 25 heavy (non-hydrogen) atoms. The van der Waals surface area contributed by atoms with Crippen LogP contribution in [0.5, 0.6) is 0 Å². The fraction of sp³-hybridized carbons (Fsp3) is 0.278. The summed E-state index contributed by atoms with van der Waals surface area (Å²) in [5.41, 5.74) is 9.81. The predicted octanol–water partition coefficient (Wildman–Crippen LogP) is 3.68. The number of anilines is 1. The topological polar surface area (TPSA) is 84.5 Å². The Bertz CT molecular complexity index is 909. The molecule has 3 N–H and O–H groups in total. The summed E-state index contributed by atoms with van der Waals surface area (Å²) in [6, 6.07) is 10.6. The van der Waals surface area contributed by atoms with Crippen molar-refractivity contribution in [2.24, 2.45) is 10.7 Å². The fourth-order valence-corrected chi connectivity index (χ4v) is 3.53. The van der Waals surface area contributed by atoms with Crippen LogP contribution >= 0.6 is 11.6 Å². The van der Waals surface area contributed by atoms with E-state index < -0.39 is 9.84 Å². The molecule has 0 amide bonds. The minimum Gasteiger partial charge on any atom is -0.370 e. The van der Waals surface area contributed by atoms with Crippen molar-refractivity contribution in [2.75, 3.05) is 11.1 Å². The molecule has 2 aromatic rings. The first-order valence-electron chi connectivity index (χ1n) is 7.87. The van der Waals surface area contributed by atoms with Crippen LogP contribution in [0, 0.1) is 13.8 Å². The van der Waals surface area contributed by atoms with Crippen molar-refractivity contribution in [3.63, 3.8) is 0 Å². The molecule has 0 saturated carbocycles. The van der Waals surface area contributed by atoms with Crippen LogP contribution in [-0.4, -0.2) is 20.1 Å². The van der Waals surface area contributed by atoms with Gasteiger partial charge >= 0.3 is 0 Å². The van der Waals surface area contributed by atoms with Gasteiger partial charge in [-0.25, -0.2) is 13.4 Å². The first-order valence-corrected chi connectivity index (χ1v) is 9.90. The highest BCUT2D eigenvalue weighted by atomic mass is 35.5. The molecule has 0 saturated heterocycles. The molecule has 2 rings (SSSR count). The molecule has 2 aromatic carbocycles. The normalized spacial score (nSPS) is 12.2. The van der Waals surface area contributed by atoms with E-state index in [0.29, 0.717) is 10.6 Å². The van der Waals surface area contributed by atoms with Gasteiger partial charge < -0.3 is 11.1 Å². The number of guanidine groups is 1. The summed E-state index contributed by atoms with van der Waals surface area (Å²) in [5, 5.41) is 3.39. The Morgan fingerprint density at radius 3 is 2.52 bits per heavy atom. The molecular formula is C18H22ClN3O2S. The molecule has 0 fully saturated rings. The number of nitrogens with two attached hydrogens (primary N) is 1. The molecular weight excluding hydrogens is 358 g/mol. The molecule has 0 heterocycles. The standard InChI is InChI=1S/C18H22ClN3O2S/c1-4-25(23,24)17-9-14(8-15(19)10-17)11-21-18(20)22-16-6-5-12(2)13(3)7-16/h5-10H,4,11H2,1-3H3,(H3,20,21,22). The van der Waals surface area contributed by atoms with Crippen molar-refractivity contribution < 1.29 is 8.42 Å². The lowest BCUT2D eigenvalue weighted by Gasteiger charge is -2.09. The van der Waals surface area contributed by atoms with E-state index in [1.807, 2.05) is 32.0 Å². The van der Waals surface area contributed by atoms with Gasteiger partial charge in [0.25, 0.3) is 0 Å². The Balaban J connectivity index is 2.16. The largest absolute Gasteiger partial charge is 0.370 e. The number of aryl methyl sites for hydroxylation is 2. The third-order valence-electron chi connectivity index (χ3n) is 3.88. The maximum Gasteiger partial charge on any atom is 0.193 e. The monoisotopic (exact) mass is 379 g/mol. The highest BCUT2D eigenvalue weighted by Gasteiger charge is 2.13. The zero-order valence-corrected chi connectivity index (χ0v) is 16.1. The van der Waals surface area contributed by atoms with Gasteiger partial charge in [0.2, 0.25) is 0 Å². The Hall–Kier alpha value is -2.05. The molecule has 7 heteroatoms. The Morgan fingerprint density at radius 2 is 1.88 bits per heavy atom. The number of halogens is 1. The zero-order valence-electron chi connectivity index (χ0n) is 14.5. The number of nitrogens with zero attached hydrogens (tertiary/aromatic N) is 1. The van der Waals surface area contributed by atoms with E-state index in [0.717, 1.165) is 11.3 Å². The smallest absolute Gasteiger partial charge is 0.193 e. The summed E-state index contributed by atoms with van der Waals surface area (Å²) in [6.45, 7) is 5.89. The first-order chi connectivity index (χ1) is 11.7. The Morgan fingerprint density at radius 1 is 1.16 bits per heavy atom. The number of aliphatic imine (C=N–C) groups is 1. The summed E-state index contributed by atoms with van der Waals surface area (Å²) in [4.78, 5) is 4.46. The molecule has 0 aromatic heterocycles. The highest BCUT2D eigenvalue weighted by molar-refractivity contribution is 7.91. The van der Waals surface area contributed by atoms with E-state index >= 15 is 0 Å². The SMILES string of the molecule is CCS(=O)(=O)c1cc(Cl)cc(CN=C(N)Nc2ccc(C)c(C)c2)c1. The number of rotatable bonds is 5. The maximum absolute atomic E-state index is 12.0. The molecule has 134 valence electrons. The third kappa shape index (κ3) is 5.21. The number of benzene rings is 2. The van der Waals surface area contributed by atoms with Gasteiger partial charge in [-0.1, -0.05) is 24.6 Å². The van der Waals surface area contributed by atoms with Gasteiger partial charge in [0, 0.05) is 10.7 Å². The van der Waals surface area contributed by atoms with Crippen LogP contribution in [0.25, 0.3) is 0 Å². The zero-order chi connectivity index (χ0) is 18.6. The minimum atomic E-state index is -3.32. The van der Waals surface area contributed by atoms with Crippen molar-refractivity contribution in [3.05, 3.63) is 58.1 Å². The van der Waals surface area contributed by atoms with Gasteiger partial charge in [0.1, 0.15) is 0 Å². The number of hydrogen-bond acceptors (Lipinski definition) is 3. The van der Waals surface area contributed by atoms with Crippen molar-refractivity contribution in [1.82, 2.24) is 0 Å². The van der Waals surface area contributed by atoms with E-state index in [4.69, 9.17) is 17.3 Å². The molecule has 0 aliphatic heterocycles. The molecule has 0 radical (unpaired) electrons. The van der Waals surface area contributed by atoms with Crippen LogP contribution < -0.4 is 11.1 Å². The van der Waals surface area contributed by atoms with Crippen LogP contribution in [0.15, 0.2) is 46.3 Å². The lowest BCUT2D eigenvalue weighted by atomic mass is 10.1. The maximum atomic E-state index is 12.0. The van der Waals surface area contributed by atoms with Crippen molar-refractivity contribution in [1.29, 1.82) is 0 Å². The Labute approximate surface area is 153 Å². The summed E-state index contributed by atoms with van der Waals surface area (Å²) in [6.07, 6.45) is 0. The van der Waals surface area contributed by atoms with Crippen LogP contribution in [0.4, 0.5) is 5.69 Å². The second kappa shape index (κ2) is 7.89.